The smallest absolute Gasteiger partial charge is 0.0562 e. The summed E-state index contributed by atoms with van der Waals surface area (Å²) in [6.07, 6.45) is 0. The van der Waals surface area contributed by atoms with E-state index in [-0.39, 0.29) is 0 Å². The molecule has 1 aromatic heterocycles. The van der Waals surface area contributed by atoms with Gasteiger partial charge in [0.2, 0.25) is 0 Å². The molecule has 2 nitrogen and oxygen atoms in total. The summed E-state index contributed by atoms with van der Waals surface area (Å²) in [5, 5.41) is 2.41. The van der Waals surface area contributed by atoms with Crippen molar-refractivity contribution in [2.75, 3.05) is 4.90 Å². The second kappa shape index (κ2) is 14.9. The molecule has 0 unspecified atom stereocenters. The van der Waals surface area contributed by atoms with E-state index in [0.29, 0.717) is 0 Å². The second-order valence-corrected chi connectivity index (χ2v) is 15.1. The molecular formula is C56H42N2. The Morgan fingerprint density at radius 3 is 1.62 bits per heavy atom. The van der Waals surface area contributed by atoms with Gasteiger partial charge in [0.15, 0.2) is 0 Å². The minimum absolute atomic E-state index is 1.09. The van der Waals surface area contributed by atoms with Crippen LogP contribution in [-0.2, 0) is 0 Å². The van der Waals surface area contributed by atoms with Gasteiger partial charge in [-0.1, -0.05) is 181 Å². The van der Waals surface area contributed by atoms with E-state index in [2.05, 4.69) is 242 Å². The summed E-state index contributed by atoms with van der Waals surface area (Å²) in [7, 11) is 0. The maximum atomic E-state index is 2.45. The van der Waals surface area contributed by atoms with Crippen LogP contribution >= 0.6 is 0 Å². The average molecular weight is 743 g/mol. The normalized spacial score (nSPS) is 11.3. The van der Waals surface area contributed by atoms with E-state index in [4.69, 9.17) is 0 Å². The molecule has 276 valence electrons. The van der Waals surface area contributed by atoms with Crippen LogP contribution in [0, 0.1) is 13.8 Å². The first-order valence-electron chi connectivity index (χ1n) is 20.0. The standard InChI is InChI=1S/C56H42N2/c1-39-16-13-22-44(36-39)48-35-34-47(38-51(48)45-23-14-17-40(2)37-45)58-53-27-12-10-25-50(53)56-54(28-15-29-55(56)58)57(46-32-30-42(31-33-46)41-18-5-3-6-19-41)52-26-11-9-24-49(52)43-20-7-4-8-21-43/h3-38H,1-2H3. The van der Waals surface area contributed by atoms with E-state index >= 15 is 0 Å². The molecule has 0 bridgehead atoms. The summed E-state index contributed by atoms with van der Waals surface area (Å²) in [6, 6.07) is 79.5. The Balaban J connectivity index is 1.22. The van der Waals surface area contributed by atoms with Crippen LogP contribution in [0.3, 0.4) is 0 Å². The van der Waals surface area contributed by atoms with Crippen molar-refractivity contribution in [2.45, 2.75) is 13.8 Å². The lowest BCUT2D eigenvalue weighted by Crippen LogP contribution is -2.11. The highest BCUT2D eigenvalue weighted by molar-refractivity contribution is 6.17. The van der Waals surface area contributed by atoms with E-state index in [0.717, 1.165) is 28.3 Å². The number of para-hydroxylation sites is 2. The monoisotopic (exact) mass is 742 g/mol. The molecule has 0 fully saturated rings. The largest absolute Gasteiger partial charge is 0.309 e. The summed E-state index contributed by atoms with van der Waals surface area (Å²) in [5.41, 5.74) is 18.9. The van der Waals surface area contributed by atoms with Crippen LogP contribution < -0.4 is 4.90 Å². The summed E-state index contributed by atoms with van der Waals surface area (Å²) in [4.78, 5) is 2.45. The lowest BCUT2D eigenvalue weighted by atomic mass is 9.92. The van der Waals surface area contributed by atoms with Gasteiger partial charge in [0.25, 0.3) is 0 Å². The van der Waals surface area contributed by atoms with Crippen LogP contribution in [0.25, 0.3) is 72.0 Å². The topological polar surface area (TPSA) is 8.17 Å². The van der Waals surface area contributed by atoms with Gasteiger partial charge in [0.05, 0.1) is 22.4 Å². The summed E-state index contributed by atoms with van der Waals surface area (Å²) >= 11 is 0. The summed E-state index contributed by atoms with van der Waals surface area (Å²) < 4.78 is 2.45. The Morgan fingerprint density at radius 2 is 0.897 bits per heavy atom. The third kappa shape index (κ3) is 6.35. The van der Waals surface area contributed by atoms with Gasteiger partial charge in [0.1, 0.15) is 0 Å². The number of anilines is 3. The fourth-order valence-electron chi connectivity index (χ4n) is 8.62. The fraction of sp³-hybridized carbons (Fsp3) is 0.0357. The van der Waals surface area contributed by atoms with Gasteiger partial charge >= 0.3 is 0 Å². The zero-order valence-electron chi connectivity index (χ0n) is 32.7. The maximum Gasteiger partial charge on any atom is 0.0562 e. The highest BCUT2D eigenvalue weighted by atomic mass is 15.2. The van der Waals surface area contributed by atoms with Crippen molar-refractivity contribution in [1.29, 1.82) is 0 Å². The van der Waals surface area contributed by atoms with Crippen molar-refractivity contribution in [1.82, 2.24) is 4.57 Å². The van der Waals surface area contributed by atoms with Crippen molar-refractivity contribution in [3.63, 3.8) is 0 Å². The van der Waals surface area contributed by atoms with Gasteiger partial charge < -0.3 is 9.47 Å². The third-order valence-electron chi connectivity index (χ3n) is 11.3. The van der Waals surface area contributed by atoms with Crippen molar-refractivity contribution in [2.24, 2.45) is 0 Å². The van der Waals surface area contributed by atoms with Crippen LogP contribution in [0.2, 0.25) is 0 Å². The van der Waals surface area contributed by atoms with Gasteiger partial charge in [0, 0.05) is 27.7 Å². The van der Waals surface area contributed by atoms with Crippen molar-refractivity contribution in [3.05, 3.63) is 230 Å². The highest BCUT2D eigenvalue weighted by Gasteiger charge is 2.23. The minimum atomic E-state index is 1.09. The molecule has 0 N–H and O–H groups in total. The minimum Gasteiger partial charge on any atom is -0.309 e. The number of hydrogen-bond donors (Lipinski definition) is 0. The lowest BCUT2D eigenvalue weighted by molar-refractivity contribution is 1.18. The van der Waals surface area contributed by atoms with Gasteiger partial charge in [-0.2, -0.15) is 0 Å². The van der Waals surface area contributed by atoms with Crippen LogP contribution in [0.4, 0.5) is 17.1 Å². The molecule has 10 aromatic rings. The van der Waals surface area contributed by atoms with E-state index < -0.39 is 0 Å². The Labute approximate surface area is 340 Å². The molecule has 9 aromatic carbocycles. The Morgan fingerprint density at radius 1 is 0.345 bits per heavy atom. The lowest BCUT2D eigenvalue weighted by Gasteiger charge is -2.29. The molecule has 58 heavy (non-hydrogen) atoms. The summed E-state index contributed by atoms with van der Waals surface area (Å²) in [6.45, 7) is 4.34. The molecule has 0 saturated carbocycles. The predicted molar refractivity (Wildman–Crippen MR) is 247 cm³/mol. The van der Waals surface area contributed by atoms with Gasteiger partial charge in [-0.25, -0.2) is 0 Å². The van der Waals surface area contributed by atoms with E-state index in [1.54, 1.807) is 0 Å². The zero-order valence-corrected chi connectivity index (χ0v) is 32.7. The second-order valence-electron chi connectivity index (χ2n) is 15.1. The first-order valence-corrected chi connectivity index (χ1v) is 20.0. The van der Waals surface area contributed by atoms with E-state index in [9.17, 15) is 0 Å². The number of nitrogens with zero attached hydrogens (tertiary/aromatic N) is 2. The van der Waals surface area contributed by atoms with Gasteiger partial charge in [-0.05, 0) is 101 Å². The molecule has 0 aliphatic carbocycles. The Kier molecular flexibility index (Phi) is 9.01. The van der Waals surface area contributed by atoms with Gasteiger partial charge in [-0.15, -0.1) is 0 Å². The van der Waals surface area contributed by atoms with E-state index in [1.165, 1.54) is 71.9 Å². The number of aryl methyl sites for hydroxylation is 2. The van der Waals surface area contributed by atoms with Crippen molar-refractivity contribution in [3.8, 4) is 50.2 Å². The molecule has 0 saturated heterocycles. The average Bonchev–Trinajstić information content (AvgIpc) is 3.62. The molecular weight excluding hydrogens is 701 g/mol. The Bertz CT molecular complexity index is 3070. The fourth-order valence-corrected chi connectivity index (χ4v) is 8.62. The van der Waals surface area contributed by atoms with Crippen LogP contribution in [-0.4, -0.2) is 4.57 Å². The molecule has 1 heterocycles. The first kappa shape index (κ1) is 35.0. The number of hydrogen-bond acceptors (Lipinski definition) is 1. The molecule has 0 aliphatic rings. The quantitative estimate of drug-likeness (QED) is 0.150. The van der Waals surface area contributed by atoms with Crippen molar-refractivity contribution >= 4 is 38.9 Å². The van der Waals surface area contributed by atoms with Crippen LogP contribution in [0.5, 0.6) is 0 Å². The highest BCUT2D eigenvalue weighted by Crippen LogP contribution is 2.47. The molecule has 0 atom stereocenters. The molecule has 2 heteroatoms. The first-order chi connectivity index (χ1) is 28.6. The SMILES string of the molecule is Cc1cccc(-c2ccc(-n3c4ccccc4c4c(N(c5ccc(-c6ccccc6)cc5)c5ccccc5-c5ccccc5)cccc43)cc2-c2cccc(C)c2)c1. The van der Waals surface area contributed by atoms with Gasteiger partial charge in [-0.3, -0.25) is 0 Å². The van der Waals surface area contributed by atoms with Crippen molar-refractivity contribution < 1.29 is 0 Å². The number of benzene rings is 9. The molecule has 10 rings (SSSR count). The number of rotatable bonds is 8. The number of fused-ring (bicyclic) bond motifs is 3. The number of aromatic nitrogens is 1. The maximum absolute atomic E-state index is 2.45. The zero-order chi connectivity index (χ0) is 39.0. The third-order valence-corrected chi connectivity index (χ3v) is 11.3. The predicted octanol–water partition coefficient (Wildman–Crippen LogP) is 15.5. The molecule has 0 aliphatic heterocycles. The van der Waals surface area contributed by atoms with Crippen LogP contribution in [0.1, 0.15) is 11.1 Å². The Hall–Kier alpha value is -7.42. The molecule has 0 amide bonds. The van der Waals surface area contributed by atoms with Crippen LogP contribution in [0.15, 0.2) is 218 Å². The molecule has 0 spiro atoms. The van der Waals surface area contributed by atoms with E-state index in [1.807, 2.05) is 0 Å². The molecule has 0 radical (unpaired) electrons. The summed E-state index contributed by atoms with van der Waals surface area (Å²) in [5.74, 6) is 0.